The van der Waals surface area contributed by atoms with Crippen LogP contribution >= 0.6 is 0 Å². The van der Waals surface area contributed by atoms with Gasteiger partial charge in [-0.15, -0.1) is 10.2 Å². The van der Waals surface area contributed by atoms with E-state index in [1.165, 1.54) is 5.56 Å². The van der Waals surface area contributed by atoms with Crippen molar-refractivity contribution in [3.63, 3.8) is 0 Å². The van der Waals surface area contributed by atoms with Crippen LogP contribution in [-0.2, 0) is 29.7 Å². The van der Waals surface area contributed by atoms with E-state index in [4.69, 9.17) is 10.5 Å². The zero-order chi connectivity index (χ0) is 21.0. The van der Waals surface area contributed by atoms with Gasteiger partial charge in [-0.2, -0.15) is 0 Å². The molecule has 1 aromatic heterocycles. The standard InChI is InChI=1S/C24H31N5O/c1-18(25)26-21(17-30-16-19-9-5-3-6-10-19)23-28-27-22-15-24(2,13-14-29(22)23)20-11-7-4-8-12-20/h3-12,18,21,26H,13-17,25H2,1-2H3. The number of nitrogens with zero attached hydrogens (tertiary/aromatic N) is 3. The monoisotopic (exact) mass is 405 g/mol. The summed E-state index contributed by atoms with van der Waals surface area (Å²) >= 11 is 0. The van der Waals surface area contributed by atoms with E-state index >= 15 is 0 Å². The summed E-state index contributed by atoms with van der Waals surface area (Å²) in [5.41, 5.74) is 8.64. The molecule has 0 bridgehead atoms. The number of rotatable bonds is 8. The van der Waals surface area contributed by atoms with Crippen molar-refractivity contribution < 1.29 is 4.74 Å². The van der Waals surface area contributed by atoms with Crippen LogP contribution in [0, 0.1) is 0 Å². The van der Waals surface area contributed by atoms with Gasteiger partial charge in [0.05, 0.1) is 25.4 Å². The van der Waals surface area contributed by atoms with Gasteiger partial charge in [-0.25, -0.2) is 0 Å². The predicted molar refractivity (Wildman–Crippen MR) is 118 cm³/mol. The minimum absolute atomic E-state index is 0.0788. The molecular formula is C24H31N5O. The summed E-state index contributed by atoms with van der Waals surface area (Å²) in [6.07, 6.45) is 1.76. The lowest BCUT2D eigenvalue weighted by atomic mass is 9.75. The molecular weight excluding hydrogens is 374 g/mol. The van der Waals surface area contributed by atoms with Crippen LogP contribution in [0.25, 0.3) is 0 Å². The molecule has 0 saturated heterocycles. The quantitative estimate of drug-likeness (QED) is 0.562. The van der Waals surface area contributed by atoms with Crippen LogP contribution in [-0.4, -0.2) is 27.5 Å². The molecule has 6 nitrogen and oxygen atoms in total. The first-order valence-electron chi connectivity index (χ1n) is 10.7. The number of nitrogens with two attached hydrogens (primary N) is 1. The van der Waals surface area contributed by atoms with Crippen molar-refractivity contribution in [2.24, 2.45) is 5.73 Å². The average molecular weight is 406 g/mol. The Morgan fingerprint density at radius 3 is 2.50 bits per heavy atom. The van der Waals surface area contributed by atoms with E-state index in [0.29, 0.717) is 13.2 Å². The van der Waals surface area contributed by atoms with E-state index in [1.54, 1.807) is 0 Å². The molecule has 0 saturated carbocycles. The Kier molecular flexibility index (Phi) is 6.27. The number of hydrogen-bond donors (Lipinski definition) is 2. The second kappa shape index (κ2) is 9.08. The number of hydrogen-bond acceptors (Lipinski definition) is 5. The molecule has 158 valence electrons. The van der Waals surface area contributed by atoms with Crippen molar-refractivity contribution in [3.8, 4) is 0 Å². The lowest BCUT2D eigenvalue weighted by molar-refractivity contribution is 0.0920. The molecule has 3 aromatic rings. The third-order valence-electron chi connectivity index (χ3n) is 5.93. The summed E-state index contributed by atoms with van der Waals surface area (Å²) in [4.78, 5) is 0. The van der Waals surface area contributed by atoms with Crippen LogP contribution in [0.4, 0.5) is 0 Å². The van der Waals surface area contributed by atoms with Crippen LogP contribution in [0.3, 0.4) is 0 Å². The Labute approximate surface area is 178 Å². The molecule has 0 amide bonds. The Balaban J connectivity index is 1.49. The van der Waals surface area contributed by atoms with Crippen LogP contribution < -0.4 is 11.1 Å². The van der Waals surface area contributed by atoms with Crippen molar-refractivity contribution in [3.05, 3.63) is 83.4 Å². The van der Waals surface area contributed by atoms with Gasteiger partial charge in [0, 0.05) is 18.4 Å². The predicted octanol–water partition coefficient (Wildman–Crippen LogP) is 3.33. The molecule has 0 spiro atoms. The largest absolute Gasteiger partial charge is 0.375 e. The first-order chi connectivity index (χ1) is 14.5. The number of nitrogens with one attached hydrogen (secondary N) is 1. The smallest absolute Gasteiger partial charge is 0.152 e. The topological polar surface area (TPSA) is 78.0 Å². The van der Waals surface area contributed by atoms with Gasteiger partial charge in [0.25, 0.3) is 0 Å². The summed E-state index contributed by atoms with van der Waals surface area (Å²) in [6.45, 7) is 6.19. The fourth-order valence-corrected chi connectivity index (χ4v) is 4.25. The highest BCUT2D eigenvalue weighted by molar-refractivity contribution is 5.27. The summed E-state index contributed by atoms with van der Waals surface area (Å²) in [5.74, 6) is 1.94. The van der Waals surface area contributed by atoms with Gasteiger partial charge in [-0.3, -0.25) is 5.32 Å². The van der Waals surface area contributed by atoms with Crippen LogP contribution in [0.2, 0.25) is 0 Å². The highest BCUT2D eigenvalue weighted by Gasteiger charge is 2.35. The van der Waals surface area contributed by atoms with Gasteiger partial charge < -0.3 is 15.0 Å². The third-order valence-corrected chi connectivity index (χ3v) is 5.93. The number of fused-ring (bicyclic) bond motifs is 1. The fourth-order valence-electron chi connectivity index (χ4n) is 4.25. The van der Waals surface area contributed by atoms with E-state index < -0.39 is 0 Å². The van der Waals surface area contributed by atoms with E-state index in [2.05, 4.69) is 69.5 Å². The molecule has 3 unspecified atom stereocenters. The first kappa shape index (κ1) is 20.7. The van der Waals surface area contributed by atoms with Crippen LogP contribution in [0.5, 0.6) is 0 Å². The minimum Gasteiger partial charge on any atom is -0.375 e. The Morgan fingerprint density at radius 1 is 1.10 bits per heavy atom. The Morgan fingerprint density at radius 2 is 1.80 bits per heavy atom. The summed E-state index contributed by atoms with van der Waals surface area (Å²) < 4.78 is 8.26. The lowest BCUT2D eigenvalue weighted by Crippen LogP contribution is -2.41. The van der Waals surface area contributed by atoms with Gasteiger partial charge >= 0.3 is 0 Å². The summed E-state index contributed by atoms with van der Waals surface area (Å²) in [5, 5.41) is 12.5. The Bertz CT molecular complexity index is 941. The maximum atomic E-state index is 6.05. The van der Waals surface area contributed by atoms with Crippen molar-refractivity contribution >= 4 is 0 Å². The molecule has 0 fully saturated rings. The second-order valence-electron chi connectivity index (χ2n) is 8.49. The van der Waals surface area contributed by atoms with Crippen LogP contribution in [0.1, 0.15) is 49.1 Å². The number of benzene rings is 2. The van der Waals surface area contributed by atoms with E-state index in [0.717, 1.165) is 36.6 Å². The van der Waals surface area contributed by atoms with Gasteiger partial charge in [0.15, 0.2) is 5.82 Å². The van der Waals surface area contributed by atoms with Crippen LogP contribution in [0.15, 0.2) is 60.7 Å². The summed E-state index contributed by atoms with van der Waals surface area (Å²) in [6, 6.07) is 20.8. The molecule has 2 aromatic carbocycles. The minimum atomic E-state index is -0.165. The zero-order valence-electron chi connectivity index (χ0n) is 17.8. The maximum Gasteiger partial charge on any atom is 0.152 e. The van der Waals surface area contributed by atoms with E-state index in [9.17, 15) is 0 Å². The van der Waals surface area contributed by atoms with Crippen molar-refractivity contribution in [1.82, 2.24) is 20.1 Å². The molecule has 3 N–H and O–H groups in total. The molecule has 1 aliphatic rings. The van der Waals surface area contributed by atoms with E-state index in [-0.39, 0.29) is 17.6 Å². The SMILES string of the molecule is CC(N)NC(COCc1ccccc1)c1nnc2n1CCC(C)(c1ccccc1)C2. The Hall–Kier alpha value is -2.54. The first-order valence-corrected chi connectivity index (χ1v) is 10.7. The van der Waals surface area contributed by atoms with Gasteiger partial charge in [0.1, 0.15) is 5.82 Å². The summed E-state index contributed by atoms with van der Waals surface area (Å²) in [7, 11) is 0. The van der Waals surface area contributed by atoms with Gasteiger partial charge in [-0.1, -0.05) is 67.6 Å². The average Bonchev–Trinajstić information content (AvgIpc) is 3.17. The number of aromatic nitrogens is 3. The highest BCUT2D eigenvalue weighted by Crippen LogP contribution is 2.36. The third kappa shape index (κ3) is 4.61. The zero-order valence-corrected chi connectivity index (χ0v) is 17.8. The van der Waals surface area contributed by atoms with E-state index in [1.807, 2.05) is 25.1 Å². The molecule has 3 atom stereocenters. The lowest BCUT2D eigenvalue weighted by Gasteiger charge is -2.35. The molecule has 2 heterocycles. The van der Waals surface area contributed by atoms with Crippen molar-refractivity contribution in [1.29, 1.82) is 0 Å². The molecule has 1 aliphatic heterocycles. The fraction of sp³-hybridized carbons (Fsp3) is 0.417. The maximum absolute atomic E-state index is 6.05. The number of ether oxygens (including phenoxy) is 1. The molecule has 4 rings (SSSR count). The molecule has 6 heteroatoms. The van der Waals surface area contributed by atoms with Gasteiger partial charge in [-0.05, 0) is 24.5 Å². The highest BCUT2D eigenvalue weighted by atomic mass is 16.5. The molecule has 0 aliphatic carbocycles. The molecule has 0 radical (unpaired) electrons. The van der Waals surface area contributed by atoms with Crippen molar-refractivity contribution in [2.45, 2.75) is 57.5 Å². The molecule has 30 heavy (non-hydrogen) atoms. The van der Waals surface area contributed by atoms with Gasteiger partial charge in [0.2, 0.25) is 0 Å². The van der Waals surface area contributed by atoms with Crippen molar-refractivity contribution in [2.75, 3.05) is 6.61 Å². The normalized spacial score (nSPS) is 20.5. The second-order valence-corrected chi connectivity index (χ2v) is 8.49.